The van der Waals surface area contributed by atoms with Crippen LogP contribution in [0.1, 0.15) is 5.69 Å². The molecule has 0 fully saturated rings. The Morgan fingerprint density at radius 3 is 2.43 bits per heavy atom. The van der Waals surface area contributed by atoms with E-state index < -0.39 is 0 Å². The predicted octanol–water partition coefficient (Wildman–Crippen LogP) is 5.26. The van der Waals surface area contributed by atoms with Crippen molar-refractivity contribution >= 4 is 44.7 Å². The van der Waals surface area contributed by atoms with E-state index in [0.29, 0.717) is 11.5 Å². The van der Waals surface area contributed by atoms with E-state index in [9.17, 15) is 4.79 Å². The van der Waals surface area contributed by atoms with E-state index in [1.807, 2.05) is 72.1 Å². The average Bonchev–Trinajstić information content (AvgIpc) is 3.46. The van der Waals surface area contributed by atoms with Gasteiger partial charge in [-0.2, -0.15) is 0 Å². The van der Waals surface area contributed by atoms with E-state index in [2.05, 4.69) is 15.5 Å². The molecule has 5 rings (SSSR count). The van der Waals surface area contributed by atoms with Gasteiger partial charge >= 0.3 is 0 Å². The highest BCUT2D eigenvalue weighted by molar-refractivity contribution is 7.13. The Hall–Kier alpha value is -3.55. The molecule has 30 heavy (non-hydrogen) atoms. The SMILES string of the molecule is O=C(COCc1cc(-c2cccs2)on1)Nc1c2ccccc2nc2ccccc12. The molecular weight excluding hydrogens is 398 g/mol. The maximum atomic E-state index is 12.6. The summed E-state index contributed by atoms with van der Waals surface area (Å²) in [6.45, 7) is 0.103. The first kappa shape index (κ1) is 18.5. The maximum absolute atomic E-state index is 12.6. The van der Waals surface area contributed by atoms with Gasteiger partial charge in [0.05, 0.1) is 28.2 Å². The molecule has 0 aliphatic carbocycles. The zero-order valence-corrected chi connectivity index (χ0v) is 16.7. The summed E-state index contributed by atoms with van der Waals surface area (Å²) in [7, 11) is 0. The fourth-order valence-corrected chi connectivity index (χ4v) is 3.99. The normalized spacial score (nSPS) is 11.2. The molecule has 0 unspecified atom stereocenters. The van der Waals surface area contributed by atoms with Gasteiger partial charge < -0.3 is 14.6 Å². The van der Waals surface area contributed by atoms with E-state index in [0.717, 1.165) is 32.4 Å². The first-order valence-corrected chi connectivity index (χ1v) is 10.3. The quantitative estimate of drug-likeness (QED) is 0.383. The fraction of sp³-hybridized carbons (Fsp3) is 0.0870. The summed E-state index contributed by atoms with van der Waals surface area (Å²) in [5.41, 5.74) is 3.05. The number of amides is 1. The zero-order chi connectivity index (χ0) is 20.3. The van der Waals surface area contributed by atoms with Gasteiger partial charge in [0.25, 0.3) is 0 Å². The molecule has 1 N–H and O–H groups in total. The Kier molecular flexibility index (Phi) is 4.96. The van der Waals surface area contributed by atoms with Crippen molar-refractivity contribution in [3.8, 4) is 10.6 Å². The lowest BCUT2D eigenvalue weighted by atomic mass is 10.1. The Bertz CT molecular complexity index is 1270. The minimum absolute atomic E-state index is 0.0911. The molecule has 6 nitrogen and oxygen atoms in total. The average molecular weight is 415 g/mol. The Labute approximate surface area is 176 Å². The lowest BCUT2D eigenvalue weighted by Gasteiger charge is -2.12. The van der Waals surface area contributed by atoms with Crippen molar-refractivity contribution in [2.45, 2.75) is 6.61 Å². The molecule has 0 saturated carbocycles. The maximum Gasteiger partial charge on any atom is 0.250 e. The zero-order valence-electron chi connectivity index (χ0n) is 15.9. The standard InChI is InChI=1S/C23H17N3O3S/c27-22(14-28-13-15-12-20(29-26-15)21-10-5-11-30-21)25-23-16-6-1-3-8-18(16)24-19-9-4-2-7-17(19)23/h1-12H,13-14H2,(H,24,25,27). The Morgan fingerprint density at radius 1 is 1.00 bits per heavy atom. The number of benzene rings is 2. The molecule has 0 atom stereocenters. The summed E-state index contributed by atoms with van der Waals surface area (Å²) in [6.07, 6.45) is 0. The summed E-state index contributed by atoms with van der Waals surface area (Å²) >= 11 is 1.58. The molecule has 0 radical (unpaired) electrons. The number of aromatic nitrogens is 2. The van der Waals surface area contributed by atoms with Crippen molar-refractivity contribution in [1.82, 2.24) is 10.1 Å². The highest BCUT2D eigenvalue weighted by atomic mass is 32.1. The van der Waals surface area contributed by atoms with Crippen LogP contribution < -0.4 is 5.32 Å². The number of rotatable bonds is 6. The number of para-hydroxylation sites is 2. The summed E-state index contributed by atoms with van der Waals surface area (Å²) < 4.78 is 10.9. The van der Waals surface area contributed by atoms with Gasteiger partial charge in [0.15, 0.2) is 5.76 Å². The van der Waals surface area contributed by atoms with Gasteiger partial charge in [-0.25, -0.2) is 4.98 Å². The topological polar surface area (TPSA) is 77.2 Å². The monoisotopic (exact) mass is 415 g/mol. The van der Waals surface area contributed by atoms with Crippen LogP contribution in [-0.2, 0) is 16.1 Å². The minimum Gasteiger partial charge on any atom is -0.365 e. The number of thiophene rings is 1. The van der Waals surface area contributed by atoms with E-state index >= 15 is 0 Å². The summed E-state index contributed by atoms with van der Waals surface area (Å²) in [6, 6.07) is 21.2. The van der Waals surface area contributed by atoms with Crippen LogP contribution in [0, 0.1) is 0 Å². The van der Waals surface area contributed by atoms with Crippen molar-refractivity contribution in [2.75, 3.05) is 11.9 Å². The van der Waals surface area contributed by atoms with Gasteiger partial charge in [-0.1, -0.05) is 47.6 Å². The van der Waals surface area contributed by atoms with Crippen LogP contribution in [0.2, 0.25) is 0 Å². The van der Waals surface area contributed by atoms with Gasteiger partial charge in [-0.15, -0.1) is 11.3 Å². The van der Waals surface area contributed by atoms with E-state index in [1.54, 1.807) is 11.3 Å². The number of fused-ring (bicyclic) bond motifs is 2. The number of pyridine rings is 1. The van der Waals surface area contributed by atoms with Crippen molar-refractivity contribution in [1.29, 1.82) is 0 Å². The van der Waals surface area contributed by atoms with Crippen molar-refractivity contribution in [3.63, 3.8) is 0 Å². The number of hydrogen-bond donors (Lipinski definition) is 1. The van der Waals surface area contributed by atoms with Crippen LogP contribution in [0.25, 0.3) is 32.4 Å². The number of ether oxygens (including phenoxy) is 1. The van der Waals surface area contributed by atoms with Crippen LogP contribution in [0.4, 0.5) is 5.69 Å². The highest BCUT2D eigenvalue weighted by Gasteiger charge is 2.13. The van der Waals surface area contributed by atoms with E-state index in [4.69, 9.17) is 9.26 Å². The second-order valence-corrected chi connectivity index (χ2v) is 7.67. The van der Waals surface area contributed by atoms with Gasteiger partial charge in [0, 0.05) is 16.8 Å². The lowest BCUT2D eigenvalue weighted by molar-refractivity contribution is -0.121. The lowest BCUT2D eigenvalue weighted by Crippen LogP contribution is -2.18. The third-order valence-corrected chi connectivity index (χ3v) is 5.54. The van der Waals surface area contributed by atoms with Crippen LogP contribution in [0.3, 0.4) is 0 Å². The van der Waals surface area contributed by atoms with Crippen molar-refractivity contribution in [2.24, 2.45) is 0 Å². The molecule has 3 aromatic heterocycles. The van der Waals surface area contributed by atoms with Gasteiger partial charge in [-0.05, 0) is 23.6 Å². The molecule has 1 amide bonds. The largest absolute Gasteiger partial charge is 0.365 e. The Morgan fingerprint density at radius 2 is 1.73 bits per heavy atom. The summed E-state index contributed by atoms with van der Waals surface area (Å²) in [4.78, 5) is 18.3. The number of anilines is 1. The van der Waals surface area contributed by atoms with Crippen LogP contribution in [0.15, 0.2) is 76.6 Å². The molecule has 0 saturated heterocycles. The van der Waals surface area contributed by atoms with Crippen LogP contribution in [0.5, 0.6) is 0 Å². The first-order valence-electron chi connectivity index (χ1n) is 9.42. The third-order valence-electron chi connectivity index (χ3n) is 4.66. The molecule has 0 aliphatic rings. The third kappa shape index (κ3) is 3.68. The van der Waals surface area contributed by atoms with Gasteiger partial charge in [0.1, 0.15) is 12.3 Å². The number of hydrogen-bond acceptors (Lipinski definition) is 6. The molecule has 0 bridgehead atoms. The second-order valence-electron chi connectivity index (χ2n) is 6.72. The van der Waals surface area contributed by atoms with E-state index in [-0.39, 0.29) is 19.1 Å². The number of nitrogens with one attached hydrogen (secondary N) is 1. The smallest absolute Gasteiger partial charge is 0.250 e. The minimum atomic E-state index is -0.238. The predicted molar refractivity (Wildman–Crippen MR) is 117 cm³/mol. The number of carbonyl (C=O) groups is 1. The van der Waals surface area contributed by atoms with Gasteiger partial charge in [-0.3, -0.25) is 4.79 Å². The van der Waals surface area contributed by atoms with E-state index in [1.165, 1.54) is 0 Å². The molecule has 0 spiro atoms. The Balaban J connectivity index is 1.29. The molecule has 148 valence electrons. The number of nitrogens with zero attached hydrogens (tertiary/aromatic N) is 2. The first-order chi connectivity index (χ1) is 14.8. The van der Waals surface area contributed by atoms with Crippen LogP contribution in [-0.4, -0.2) is 22.7 Å². The highest BCUT2D eigenvalue weighted by Crippen LogP contribution is 2.30. The van der Waals surface area contributed by atoms with Gasteiger partial charge in [0.2, 0.25) is 5.91 Å². The molecule has 3 heterocycles. The molecular formula is C23H17N3O3S. The molecule has 0 aliphatic heterocycles. The fourth-order valence-electron chi connectivity index (χ4n) is 3.31. The molecule has 7 heteroatoms. The molecule has 2 aromatic carbocycles. The van der Waals surface area contributed by atoms with Crippen LogP contribution >= 0.6 is 11.3 Å². The van der Waals surface area contributed by atoms with Crippen molar-refractivity contribution < 1.29 is 14.1 Å². The molecule has 5 aromatic rings. The number of carbonyl (C=O) groups excluding carboxylic acids is 1. The summed E-state index contributed by atoms with van der Waals surface area (Å²) in [5.74, 6) is 0.459. The summed E-state index contributed by atoms with van der Waals surface area (Å²) in [5, 5.41) is 10.8. The second kappa shape index (κ2) is 8.06. The van der Waals surface area contributed by atoms with Crippen molar-refractivity contribution in [3.05, 3.63) is 77.8 Å².